The van der Waals surface area contributed by atoms with Crippen LogP contribution in [-0.2, 0) is 0 Å². The van der Waals surface area contributed by atoms with E-state index in [-0.39, 0.29) is 11.7 Å². The summed E-state index contributed by atoms with van der Waals surface area (Å²) < 4.78 is 15.0. The number of hydrogen-bond acceptors (Lipinski definition) is 2. The second-order valence-corrected chi connectivity index (χ2v) is 7.13. The van der Waals surface area contributed by atoms with Gasteiger partial charge in [0.1, 0.15) is 5.82 Å². The summed E-state index contributed by atoms with van der Waals surface area (Å²) in [7, 11) is 0. The highest BCUT2D eigenvalue weighted by molar-refractivity contribution is 5.94. The van der Waals surface area contributed by atoms with E-state index in [9.17, 15) is 9.18 Å². The molecular formula is C22H22FN3O. The maximum absolute atomic E-state index is 13.0. The molecule has 0 N–H and O–H groups in total. The van der Waals surface area contributed by atoms with Gasteiger partial charge in [-0.25, -0.2) is 9.07 Å². The minimum absolute atomic E-state index is 0.0243. The van der Waals surface area contributed by atoms with Crippen molar-refractivity contribution in [2.75, 3.05) is 13.1 Å². The quantitative estimate of drug-likeness (QED) is 0.694. The predicted octanol–water partition coefficient (Wildman–Crippen LogP) is 4.34. The minimum atomic E-state index is -0.323. The van der Waals surface area contributed by atoms with Crippen molar-refractivity contribution in [1.82, 2.24) is 14.7 Å². The van der Waals surface area contributed by atoms with E-state index in [0.717, 1.165) is 18.5 Å². The van der Waals surface area contributed by atoms with Gasteiger partial charge in [-0.15, -0.1) is 0 Å². The first-order valence-corrected chi connectivity index (χ1v) is 9.26. The van der Waals surface area contributed by atoms with Gasteiger partial charge in [0.05, 0.1) is 11.9 Å². The predicted molar refractivity (Wildman–Crippen MR) is 103 cm³/mol. The minimum Gasteiger partial charge on any atom is -0.339 e. The molecule has 0 aliphatic carbocycles. The molecule has 2 aromatic carbocycles. The molecule has 4 nitrogen and oxygen atoms in total. The number of nitrogens with zero attached hydrogens (tertiary/aromatic N) is 3. The first kappa shape index (κ1) is 17.5. The first-order valence-electron chi connectivity index (χ1n) is 9.26. The van der Waals surface area contributed by atoms with Crippen molar-refractivity contribution in [3.05, 3.63) is 83.4 Å². The van der Waals surface area contributed by atoms with E-state index < -0.39 is 0 Å². The monoisotopic (exact) mass is 363 g/mol. The summed E-state index contributed by atoms with van der Waals surface area (Å²) in [6, 6.07) is 14.1. The van der Waals surface area contributed by atoms with Crippen LogP contribution in [0.1, 0.15) is 40.2 Å². The molecule has 0 atom stereocenters. The average Bonchev–Trinajstić information content (AvgIpc) is 3.19. The van der Waals surface area contributed by atoms with Gasteiger partial charge in [0, 0.05) is 24.8 Å². The van der Waals surface area contributed by atoms with E-state index in [2.05, 4.69) is 42.5 Å². The van der Waals surface area contributed by atoms with E-state index in [1.54, 1.807) is 12.1 Å². The Balaban J connectivity index is 1.40. The Kier molecular flexibility index (Phi) is 4.75. The lowest BCUT2D eigenvalue weighted by Crippen LogP contribution is -2.37. The normalized spacial score (nSPS) is 15.1. The molecule has 27 heavy (non-hydrogen) atoms. The van der Waals surface area contributed by atoms with Crippen LogP contribution in [0, 0.1) is 12.7 Å². The van der Waals surface area contributed by atoms with Crippen LogP contribution in [-0.4, -0.2) is 33.7 Å². The molecule has 0 radical (unpaired) electrons. The Morgan fingerprint density at radius 2 is 1.70 bits per heavy atom. The molecule has 138 valence electrons. The molecule has 3 aromatic rings. The van der Waals surface area contributed by atoms with Gasteiger partial charge in [0.25, 0.3) is 5.91 Å². The first-order chi connectivity index (χ1) is 13.1. The fourth-order valence-electron chi connectivity index (χ4n) is 3.58. The lowest BCUT2D eigenvalue weighted by atomic mass is 9.91. The summed E-state index contributed by atoms with van der Waals surface area (Å²) in [6.45, 7) is 3.48. The fraction of sp³-hybridized carbons (Fsp3) is 0.273. The molecular weight excluding hydrogens is 341 g/mol. The van der Waals surface area contributed by atoms with Gasteiger partial charge in [-0.3, -0.25) is 4.79 Å². The number of piperidine rings is 1. The summed E-state index contributed by atoms with van der Waals surface area (Å²) in [5.74, 6) is 0.0566. The van der Waals surface area contributed by atoms with Gasteiger partial charge in [-0.2, -0.15) is 5.10 Å². The van der Waals surface area contributed by atoms with Crippen LogP contribution in [0.5, 0.6) is 0 Å². The molecule has 0 unspecified atom stereocenters. The van der Waals surface area contributed by atoms with Crippen molar-refractivity contribution in [2.24, 2.45) is 0 Å². The Morgan fingerprint density at radius 1 is 1.04 bits per heavy atom. The van der Waals surface area contributed by atoms with E-state index in [4.69, 9.17) is 0 Å². The molecule has 1 saturated heterocycles. The summed E-state index contributed by atoms with van der Waals surface area (Å²) in [4.78, 5) is 14.4. The number of aromatic nitrogens is 2. The number of rotatable bonds is 3. The molecule has 1 aliphatic rings. The third kappa shape index (κ3) is 3.77. The number of amides is 1. The fourth-order valence-corrected chi connectivity index (χ4v) is 3.58. The zero-order valence-electron chi connectivity index (χ0n) is 15.3. The van der Waals surface area contributed by atoms with Crippen molar-refractivity contribution in [1.29, 1.82) is 0 Å². The maximum Gasteiger partial charge on any atom is 0.253 e. The third-order valence-electron chi connectivity index (χ3n) is 5.25. The zero-order chi connectivity index (χ0) is 18.8. The number of benzene rings is 2. The van der Waals surface area contributed by atoms with E-state index in [1.807, 2.05) is 15.8 Å². The van der Waals surface area contributed by atoms with Crippen LogP contribution < -0.4 is 0 Å². The molecule has 2 heterocycles. The third-order valence-corrected chi connectivity index (χ3v) is 5.25. The van der Waals surface area contributed by atoms with Gasteiger partial charge >= 0.3 is 0 Å². The van der Waals surface area contributed by atoms with Crippen LogP contribution in [0.4, 0.5) is 4.39 Å². The SMILES string of the molecule is Cc1ccc(-n2cc(C3CCN(C(=O)c4ccc(F)cc4)CC3)cn2)cc1. The summed E-state index contributed by atoms with van der Waals surface area (Å²) in [5, 5.41) is 4.50. The van der Waals surface area contributed by atoms with E-state index >= 15 is 0 Å². The Labute approximate surface area is 158 Å². The van der Waals surface area contributed by atoms with Crippen LogP contribution in [0.2, 0.25) is 0 Å². The highest BCUT2D eigenvalue weighted by atomic mass is 19.1. The van der Waals surface area contributed by atoms with Crippen LogP contribution >= 0.6 is 0 Å². The maximum atomic E-state index is 13.0. The lowest BCUT2D eigenvalue weighted by Gasteiger charge is -2.31. The van der Waals surface area contributed by atoms with E-state index in [0.29, 0.717) is 24.6 Å². The summed E-state index contributed by atoms with van der Waals surface area (Å²) >= 11 is 0. The highest BCUT2D eigenvalue weighted by Gasteiger charge is 2.25. The standard InChI is InChI=1S/C22H22FN3O/c1-16-2-8-21(9-3-16)26-15-19(14-24-26)17-10-12-25(13-11-17)22(27)18-4-6-20(23)7-5-18/h2-9,14-15,17H,10-13H2,1H3. The van der Waals surface area contributed by atoms with Crippen molar-refractivity contribution in [3.8, 4) is 5.69 Å². The smallest absolute Gasteiger partial charge is 0.253 e. The van der Waals surface area contributed by atoms with Gasteiger partial charge < -0.3 is 4.90 Å². The molecule has 0 saturated carbocycles. The number of aryl methyl sites for hydroxylation is 1. The van der Waals surface area contributed by atoms with Gasteiger partial charge in [0.15, 0.2) is 0 Å². The van der Waals surface area contributed by atoms with Gasteiger partial charge in [-0.1, -0.05) is 17.7 Å². The van der Waals surface area contributed by atoms with Crippen molar-refractivity contribution in [2.45, 2.75) is 25.7 Å². The molecule has 5 heteroatoms. The topological polar surface area (TPSA) is 38.1 Å². The number of likely N-dealkylation sites (tertiary alicyclic amines) is 1. The highest BCUT2D eigenvalue weighted by Crippen LogP contribution is 2.29. The number of halogens is 1. The number of hydrogen-bond donors (Lipinski definition) is 0. The van der Waals surface area contributed by atoms with Crippen molar-refractivity contribution < 1.29 is 9.18 Å². The van der Waals surface area contributed by atoms with Crippen LogP contribution in [0.15, 0.2) is 60.9 Å². The molecule has 1 fully saturated rings. The van der Waals surface area contributed by atoms with Crippen molar-refractivity contribution in [3.63, 3.8) is 0 Å². The second kappa shape index (κ2) is 7.35. The van der Waals surface area contributed by atoms with Gasteiger partial charge in [-0.05, 0) is 67.6 Å². The van der Waals surface area contributed by atoms with E-state index in [1.165, 1.54) is 23.3 Å². The van der Waals surface area contributed by atoms with Crippen molar-refractivity contribution >= 4 is 5.91 Å². The number of carbonyl (C=O) groups excluding carboxylic acids is 1. The zero-order valence-corrected chi connectivity index (χ0v) is 15.3. The second-order valence-electron chi connectivity index (χ2n) is 7.13. The molecule has 1 aliphatic heterocycles. The molecule has 4 rings (SSSR count). The Morgan fingerprint density at radius 3 is 2.37 bits per heavy atom. The number of carbonyl (C=O) groups is 1. The molecule has 1 amide bonds. The summed E-state index contributed by atoms with van der Waals surface area (Å²) in [5.41, 5.74) is 4.03. The molecule has 0 bridgehead atoms. The van der Waals surface area contributed by atoms with Crippen LogP contribution in [0.3, 0.4) is 0 Å². The largest absolute Gasteiger partial charge is 0.339 e. The van der Waals surface area contributed by atoms with Gasteiger partial charge in [0.2, 0.25) is 0 Å². The van der Waals surface area contributed by atoms with Crippen LogP contribution in [0.25, 0.3) is 5.69 Å². The summed E-state index contributed by atoms with van der Waals surface area (Å²) in [6.07, 6.45) is 5.84. The molecule has 1 aromatic heterocycles. The molecule has 0 spiro atoms. The lowest BCUT2D eigenvalue weighted by molar-refractivity contribution is 0.0713. The Hall–Kier alpha value is -2.95. The Bertz CT molecular complexity index is 923. The average molecular weight is 363 g/mol.